The SMILES string of the molecule is O=C(O)c1ccnn1-n1nnnc1C(F)(F)F. The van der Waals surface area contributed by atoms with Crippen LogP contribution in [0.2, 0.25) is 0 Å². The van der Waals surface area contributed by atoms with Gasteiger partial charge in [-0.25, -0.2) is 4.79 Å². The van der Waals surface area contributed by atoms with Crippen LogP contribution in [-0.4, -0.2) is 41.3 Å². The molecular formula is C6H3F3N6O2. The van der Waals surface area contributed by atoms with E-state index in [2.05, 4.69) is 20.6 Å². The first-order chi connectivity index (χ1) is 7.91. The van der Waals surface area contributed by atoms with Crippen molar-refractivity contribution in [3.8, 4) is 0 Å². The highest BCUT2D eigenvalue weighted by atomic mass is 19.4. The van der Waals surface area contributed by atoms with E-state index in [1.54, 1.807) is 0 Å². The summed E-state index contributed by atoms with van der Waals surface area (Å²) in [6.45, 7) is 0. The number of nitrogens with zero attached hydrogens (tertiary/aromatic N) is 6. The van der Waals surface area contributed by atoms with Gasteiger partial charge >= 0.3 is 12.1 Å². The summed E-state index contributed by atoms with van der Waals surface area (Å²) < 4.78 is 37.4. The van der Waals surface area contributed by atoms with E-state index in [4.69, 9.17) is 5.11 Å². The number of carboxylic acids is 1. The number of hydrogen-bond donors (Lipinski definition) is 1. The van der Waals surface area contributed by atoms with Gasteiger partial charge in [0.25, 0.3) is 5.82 Å². The molecule has 0 aliphatic rings. The molecule has 11 heteroatoms. The average molecular weight is 248 g/mol. The summed E-state index contributed by atoms with van der Waals surface area (Å²) in [6, 6.07) is 1.02. The maximum Gasteiger partial charge on any atom is 0.455 e. The molecule has 0 atom stereocenters. The minimum atomic E-state index is -4.81. The molecule has 0 radical (unpaired) electrons. The first kappa shape index (κ1) is 11.0. The molecule has 2 heterocycles. The fourth-order valence-corrected chi connectivity index (χ4v) is 1.08. The summed E-state index contributed by atoms with van der Waals surface area (Å²) in [6.07, 6.45) is -3.80. The van der Waals surface area contributed by atoms with E-state index in [1.807, 2.05) is 0 Å². The first-order valence-corrected chi connectivity index (χ1v) is 4.05. The number of tetrazole rings is 1. The number of aromatic nitrogens is 6. The van der Waals surface area contributed by atoms with Gasteiger partial charge in [0.15, 0.2) is 5.69 Å². The second kappa shape index (κ2) is 3.54. The van der Waals surface area contributed by atoms with Gasteiger partial charge in [-0.2, -0.15) is 18.3 Å². The Morgan fingerprint density at radius 3 is 2.65 bits per heavy atom. The van der Waals surface area contributed by atoms with Gasteiger partial charge in [-0.15, -0.1) is 14.7 Å². The molecule has 0 aliphatic carbocycles. The minimum absolute atomic E-state index is 0.156. The van der Waals surface area contributed by atoms with E-state index in [0.717, 1.165) is 12.3 Å². The lowest BCUT2D eigenvalue weighted by molar-refractivity contribution is -0.148. The molecule has 8 nitrogen and oxygen atoms in total. The molecule has 2 rings (SSSR count). The highest BCUT2D eigenvalue weighted by molar-refractivity contribution is 5.85. The molecule has 0 fully saturated rings. The third-order valence-corrected chi connectivity index (χ3v) is 1.73. The van der Waals surface area contributed by atoms with E-state index in [-0.39, 0.29) is 4.79 Å². The summed E-state index contributed by atoms with van der Waals surface area (Å²) in [5.74, 6) is -2.92. The van der Waals surface area contributed by atoms with Crippen molar-refractivity contribution in [3.63, 3.8) is 0 Å². The van der Waals surface area contributed by atoms with E-state index in [9.17, 15) is 18.0 Å². The Bertz CT molecular complexity index is 558. The van der Waals surface area contributed by atoms with Crippen molar-refractivity contribution in [2.75, 3.05) is 0 Å². The largest absolute Gasteiger partial charge is 0.476 e. The van der Waals surface area contributed by atoms with Crippen LogP contribution in [0.4, 0.5) is 13.2 Å². The lowest BCUT2D eigenvalue weighted by Crippen LogP contribution is -2.25. The third kappa shape index (κ3) is 1.81. The predicted molar refractivity (Wildman–Crippen MR) is 42.8 cm³/mol. The van der Waals surface area contributed by atoms with Crippen molar-refractivity contribution in [2.45, 2.75) is 6.18 Å². The zero-order chi connectivity index (χ0) is 12.6. The van der Waals surface area contributed by atoms with E-state index in [0.29, 0.717) is 4.79 Å². The van der Waals surface area contributed by atoms with Crippen molar-refractivity contribution < 1.29 is 23.1 Å². The number of alkyl halides is 3. The van der Waals surface area contributed by atoms with Crippen molar-refractivity contribution in [1.29, 1.82) is 0 Å². The van der Waals surface area contributed by atoms with Crippen LogP contribution in [0, 0.1) is 0 Å². The molecule has 0 bridgehead atoms. The Morgan fingerprint density at radius 1 is 1.35 bits per heavy atom. The summed E-state index contributed by atoms with van der Waals surface area (Å²) in [5.41, 5.74) is -0.497. The number of carbonyl (C=O) groups is 1. The summed E-state index contributed by atoms with van der Waals surface area (Å²) in [4.78, 5) is 11.3. The minimum Gasteiger partial charge on any atom is -0.476 e. The second-order valence-electron chi connectivity index (χ2n) is 2.80. The molecule has 0 aromatic carbocycles. The van der Waals surface area contributed by atoms with Crippen LogP contribution in [-0.2, 0) is 6.18 Å². The monoisotopic (exact) mass is 248 g/mol. The van der Waals surface area contributed by atoms with Crippen LogP contribution in [0.15, 0.2) is 12.3 Å². The number of aromatic carboxylic acids is 1. The number of carboxylic acid groups (broad SMARTS) is 1. The van der Waals surface area contributed by atoms with Gasteiger partial charge < -0.3 is 5.11 Å². The molecule has 0 spiro atoms. The Hall–Kier alpha value is -2.46. The topological polar surface area (TPSA) is 98.7 Å². The van der Waals surface area contributed by atoms with E-state index < -0.39 is 23.7 Å². The van der Waals surface area contributed by atoms with Crippen molar-refractivity contribution in [1.82, 2.24) is 30.2 Å². The summed E-state index contributed by atoms with van der Waals surface area (Å²) in [5, 5.41) is 20.8. The third-order valence-electron chi connectivity index (χ3n) is 1.73. The number of halogens is 3. The molecule has 90 valence electrons. The number of hydrogen-bond acceptors (Lipinski definition) is 5. The molecular weight excluding hydrogens is 245 g/mol. The Balaban J connectivity index is 2.58. The van der Waals surface area contributed by atoms with Crippen LogP contribution in [0.25, 0.3) is 0 Å². The van der Waals surface area contributed by atoms with Gasteiger partial charge in [0.05, 0.1) is 6.20 Å². The zero-order valence-corrected chi connectivity index (χ0v) is 7.83. The van der Waals surface area contributed by atoms with Crippen LogP contribution < -0.4 is 0 Å². The van der Waals surface area contributed by atoms with Crippen LogP contribution >= 0.6 is 0 Å². The number of rotatable bonds is 2. The Kier molecular flexibility index (Phi) is 2.30. The van der Waals surface area contributed by atoms with E-state index >= 15 is 0 Å². The molecule has 0 amide bonds. The molecule has 17 heavy (non-hydrogen) atoms. The summed E-state index contributed by atoms with van der Waals surface area (Å²) >= 11 is 0. The van der Waals surface area contributed by atoms with Crippen LogP contribution in [0.1, 0.15) is 16.3 Å². The molecule has 1 N–H and O–H groups in total. The van der Waals surface area contributed by atoms with Gasteiger partial charge in [0.2, 0.25) is 0 Å². The van der Waals surface area contributed by atoms with Gasteiger partial charge in [-0.3, -0.25) is 0 Å². The van der Waals surface area contributed by atoms with Gasteiger partial charge in [-0.1, -0.05) is 0 Å². The van der Waals surface area contributed by atoms with Gasteiger partial charge in [0, 0.05) is 0 Å². The zero-order valence-electron chi connectivity index (χ0n) is 7.83. The van der Waals surface area contributed by atoms with Gasteiger partial charge in [0.1, 0.15) is 0 Å². The van der Waals surface area contributed by atoms with Crippen molar-refractivity contribution in [3.05, 3.63) is 23.8 Å². The first-order valence-electron chi connectivity index (χ1n) is 4.05. The van der Waals surface area contributed by atoms with Gasteiger partial charge in [-0.05, 0) is 16.5 Å². The lowest BCUT2D eigenvalue weighted by atomic mass is 10.4. The van der Waals surface area contributed by atoms with E-state index in [1.165, 1.54) is 0 Å². The standard InChI is InChI=1S/C6H3F3N6O2/c7-6(8,9)5-11-12-13-15(5)14-3(4(16)17)1-2-10-14/h1-2H,(H,16,17). The highest BCUT2D eigenvalue weighted by Gasteiger charge is 2.39. The van der Waals surface area contributed by atoms with Crippen molar-refractivity contribution >= 4 is 5.97 Å². The molecule has 2 aromatic heterocycles. The molecule has 0 saturated carbocycles. The molecule has 0 aliphatic heterocycles. The molecule has 0 saturated heterocycles. The fourth-order valence-electron chi connectivity index (χ4n) is 1.08. The van der Waals surface area contributed by atoms with Crippen LogP contribution in [0.3, 0.4) is 0 Å². The normalized spacial score (nSPS) is 11.7. The lowest BCUT2D eigenvalue weighted by Gasteiger charge is -2.07. The van der Waals surface area contributed by atoms with Crippen LogP contribution in [0.5, 0.6) is 0 Å². The molecule has 2 aromatic rings. The highest BCUT2D eigenvalue weighted by Crippen LogP contribution is 2.26. The average Bonchev–Trinajstić information content (AvgIpc) is 2.84. The second-order valence-corrected chi connectivity index (χ2v) is 2.80. The molecule has 0 unspecified atom stereocenters. The quantitative estimate of drug-likeness (QED) is 0.796. The van der Waals surface area contributed by atoms with Crippen molar-refractivity contribution in [2.24, 2.45) is 0 Å². The maximum atomic E-state index is 12.5. The summed E-state index contributed by atoms with van der Waals surface area (Å²) in [7, 11) is 0. The maximum absolute atomic E-state index is 12.5. The fraction of sp³-hybridized carbons (Fsp3) is 0.167. The Labute approximate surface area is 90.2 Å². The predicted octanol–water partition coefficient (Wildman–Crippen LogP) is -0.102. The Morgan fingerprint density at radius 2 is 2.06 bits per heavy atom. The smallest absolute Gasteiger partial charge is 0.455 e.